The number of aryl methyl sites for hydroxylation is 4. The van der Waals surface area contributed by atoms with Gasteiger partial charge in [0.1, 0.15) is 11.6 Å². The van der Waals surface area contributed by atoms with Gasteiger partial charge in [-0.25, -0.2) is 19.9 Å². The zero-order valence-corrected chi connectivity index (χ0v) is 31.8. The Hall–Kier alpha value is -5.42. The molecule has 0 bridgehead atoms. The third kappa shape index (κ3) is 10.4. The largest absolute Gasteiger partial charge is 0.858 e. The minimum atomic E-state index is -0.290. The van der Waals surface area contributed by atoms with Crippen molar-refractivity contribution < 1.29 is 31.8 Å². The molecule has 1 fully saturated rings. The van der Waals surface area contributed by atoms with Crippen LogP contribution in [0.2, 0.25) is 0 Å². The van der Waals surface area contributed by atoms with E-state index in [1.807, 2.05) is 26.2 Å². The highest BCUT2D eigenvalue weighted by molar-refractivity contribution is 5.87. The molecule has 6 aromatic rings. The van der Waals surface area contributed by atoms with E-state index in [4.69, 9.17) is 11.5 Å². The smallest absolute Gasteiger partial charge is 0.164 e. The van der Waals surface area contributed by atoms with Gasteiger partial charge < -0.3 is 43.3 Å². The fourth-order valence-corrected chi connectivity index (χ4v) is 6.35. The molecule has 1 aliphatic carbocycles. The fourth-order valence-electron chi connectivity index (χ4n) is 6.35. The van der Waals surface area contributed by atoms with Gasteiger partial charge in [-0.2, -0.15) is 10.2 Å². The fraction of sp³-hybridized carbons (Fsp3) is 0.421. The second kappa shape index (κ2) is 20.7. The zero-order chi connectivity index (χ0) is 37.0. The van der Waals surface area contributed by atoms with Crippen molar-refractivity contribution in [3.8, 4) is 34.5 Å². The number of benzene rings is 2. The lowest BCUT2D eigenvalue weighted by Crippen LogP contribution is -2.79. The first-order valence-electron chi connectivity index (χ1n) is 18.3. The maximum absolute atomic E-state index is 12.2. The standard InChI is InChI=1S/2C16H20N6O.C6H12.2H2O/c2*1-18-9-5-8-12-13(14(17)22(2)21-12)15-19-11-7-4-3-6-10(11)16(23)20-15;1-2-4-6-5-3-1;;/h2*3-4,6-7,18H,5,8-9,17H2,1-2H3,(H,19,20,23);1-6H2;2*1H2. The molecule has 7 rings (SSSR count). The number of quaternary nitrogens is 2. The number of nitrogens with zero attached hydrogens (tertiary/aromatic N) is 8. The topological polar surface area (TPSA) is 282 Å². The predicted molar refractivity (Wildman–Crippen MR) is 208 cm³/mol. The normalized spacial score (nSPS) is 12.2. The van der Waals surface area contributed by atoms with E-state index in [0.29, 0.717) is 56.2 Å². The van der Waals surface area contributed by atoms with E-state index >= 15 is 0 Å². The van der Waals surface area contributed by atoms with Gasteiger partial charge in [0.05, 0.1) is 60.7 Å². The quantitative estimate of drug-likeness (QED) is 0.139. The van der Waals surface area contributed by atoms with Crippen LogP contribution >= 0.6 is 0 Å². The van der Waals surface area contributed by atoms with Crippen molar-refractivity contribution in [2.75, 3.05) is 38.7 Å². The molecule has 0 saturated heterocycles. The van der Waals surface area contributed by atoms with Gasteiger partial charge in [0, 0.05) is 37.7 Å². The van der Waals surface area contributed by atoms with Crippen LogP contribution in [0.1, 0.15) is 62.8 Å². The van der Waals surface area contributed by atoms with E-state index in [2.05, 4.69) is 40.8 Å². The highest BCUT2D eigenvalue weighted by Crippen LogP contribution is 2.32. The average molecular weight is 745 g/mol. The molecule has 0 unspecified atom stereocenters. The summed E-state index contributed by atoms with van der Waals surface area (Å²) in [5.74, 6) is 1.10. The van der Waals surface area contributed by atoms with Crippen LogP contribution in [0.15, 0.2) is 48.5 Å². The average Bonchev–Trinajstić information content (AvgIpc) is 3.61. The summed E-state index contributed by atoms with van der Waals surface area (Å²) in [6.45, 7) is 2.00. The number of hydrogen-bond donors (Lipinski definition) is 4. The summed E-state index contributed by atoms with van der Waals surface area (Å²) in [5.41, 5.74) is 16.6. The Labute approximate surface area is 315 Å². The van der Waals surface area contributed by atoms with Crippen molar-refractivity contribution in [3.05, 3.63) is 59.9 Å². The molecule has 54 heavy (non-hydrogen) atoms. The number of rotatable bonds is 10. The third-order valence-electron chi connectivity index (χ3n) is 9.22. The lowest BCUT2D eigenvalue weighted by molar-refractivity contribution is -0.627. The first-order valence-corrected chi connectivity index (χ1v) is 18.3. The Kier molecular flexibility index (Phi) is 16.5. The molecule has 16 heteroatoms. The van der Waals surface area contributed by atoms with Gasteiger partial charge in [0.2, 0.25) is 0 Å². The maximum atomic E-state index is 12.2. The summed E-state index contributed by atoms with van der Waals surface area (Å²) in [5, 5.41) is 38.7. The third-order valence-corrected chi connectivity index (χ3v) is 9.22. The van der Waals surface area contributed by atoms with Crippen LogP contribution in [0.3, 0.4) is 0 Å². The summed E-state index contributed by atoms with van der Waals surface area (Å²) in [6, 6.07) is 14.4. The molecule has 1 aliphatic rings. The number of nitrogen functional groups attached to an aromatic ring is 2. The number of aromatic nitrogens is 8. The van der Waals surface area contributed by atoms with Crippen molar-refractivity contribution in [3.63, 3.8) is 0 Å². The number of hydrogen-bond acceptors (Lipinski definition) is 10. The number of anilines is 2. The minimum absolute atomic E-state index is 0. The van der Waals surface area contributed by atoms with Crippen molar-refractivity contribution in [1.82, 2.24) is 39.5 Å². The molecule has 0 spiro atoms. The Balaban J connectivity index is 0.000000243. The number of nitrogens with two attached hydrogens (primary N) is 4. The van der Waals surface area contributed by atoms with Crippen LogP contribution in [-0.2, 0) is 26.9 Å². The lowest BCUT2D eigenvalue weighted by atomic mass is 10.0. The van der Waals surface area contributed by atoms with Crippen LogP contribution in [-0.4, -0.2) is 77.6 Å². The van der Waals surface area contributed by atoms with E-state index in [1.54, 1.807) is 59.9 Å². The molecule has 2 aromatic carbocycles. The molecule has 4 aromatic heterocycles. The van der Waals surface area contributed by atoms with Crippen molar-refractivity contribution in [1.29, 1.82) is 0 Å². The summed E-state index contributed by atoms with van der Waals surface area (Å²) in [7, 11) is 7.63. The molecular formula is C38H56N12O4. The molecule has 0 amide bonds. The van der Waals surface area contributed by atoms with E-state index in [1.165, 1.54) is 38.5 Å². The Morgan fingerprint density at radius 2 is 0.944 bits per heavy atom. The molecule has 0 radical (unpaired) electrons. The first kappa shape index (κ1) is 43.0. The maximum Gasteiger partial charge on any atom is 0.164 e. The van der Waals surface area contributed by atoms with E-state index < -0.39 is 0 Å². The second-order valence-corrected chi connectivity index (χ2v) is 13.1. The van der Waals surface area contributed by atoms with Crippen LogP contribution < -0.4 is 32.3 Å². The molecule has 292 valence electrons. The van der Waals surface area contributed by atoms with Gasteiger partial charge in [-0.1, -0.05) is 74.9 Å². The van der Waals surface area contributed by atoms with Crippen LogP contribution in [0.4, 0.5) is 11.6 Å². The Morgan fingerprint density at radius 3 is 1.30 bits per heavy atom. The van der Waals surface area contributed by atoms with Crippen LogP contribution in [0.25, 0.3) is 44.6 Å². The first-order chi connectivity index (χ1) is 25.2. The van der Waals surface area contributed by atoms with Gasteiger partial charge >= 0.3 is 0 Å². The van der Waals surface area contributed by atoms with Crippen molar-refractivity contribution >= 4 is 33.4 Å². The van der Waals surface area contributed by atoms with Gasteiger partial charge in [0.15, 0.2) is 11.6 Å². The molecule has 0 atom stereocenters. The van der Waals surface area contributed by atoms with Crippen LogP contribution in [0, 0.1) is 0 Å². The summed E-state index contributed by atoms with van der Waals surface area (Å²) in [4.78, 5) is 17.3. The highest BCUT2D eigenvalue weighted by atomic mass is 16.3. The molecule has 12 N–H and O–H groups in total. The molecule has 16 nitrogen and oxygen atoms in total. The minimum Gasteiger partial charge on any atom is -0.858 e. The number of para-hydroxylation sites is 2. The Bertz CT molecular complexity index is 1920. The predicted octanol–water partition coefficient (Wildman–Crippen LogP) is 0.315. The van der Waals surface area contributed by atoms with Crippen molar-refractivity contribution in [2.45, 2.75) is 64.2 Å². The Morgan fingerprint density at radius 1 is 0.593 bits per heavy atom. The summed E-state index contributed by atoms with van der Waals surface area (Å²) < 4.78 is 3.23. The monoisotopic (exact) mass is 744 g/mol. The molecule has 4 heterocycles. The lowest BCUT2D eigenvalue weighted by Gasteiger charge is -2.11. The zero-order valence-electron chi connectivity index (χ0n) is 31.8. The van der Waals surface area contributed by atoms with Crippen molar-refractivity contribution in [2.24, 2.45) is 14.1 Å². The molecular weight excluding hydrogens is 688 g/mol. The molecule has 1 saturated carbocycles. The second-order valence-electron chi connectivity index (χ2n) is 13.1. The SMILES string of the molecule is C1CCCCC1.C[NH2+]CCCc1nn(C)c(N)c1-c1nc([O-])c2ccccc2n1.C[NH2+]CCCc1nn(C)c(N)c1-c1nc([O-])c2ccccc2n1.O.O. The van der Waals surface area contributed by atoms with Gasteiger partial charge in [0.25, 0.3) is 0 Å². The number of fused-ring (bicyclic) bond motifs is 2. The van der Waals surface area contributed by atoms with Gasteiger partial charge in [-0.15, -0.1) is 0 Å². The van der Waals surface area contributed by atoms with E-state index in [0.717, 1.165) is 50.2 Å². The van der Waals surface area contributed by atoms with Gasteiger partial charge in [-0.05, 0) is 36.7 Å². The van der Waals surface area contributed by atoms with E-state index in [-0.39, 0.29) is 22.7 Å². The van der Waals surface area contributed by atoms with Gasteiger partial charge in [-0.3, -0.25) is 9.36 Å². The summed E-state index contributed by atoms with van der Waals surface area (Å²) >= 11 is 0. The van der Waals surface area contributed by atoms with Crippen LogP contribution in [0.5, 0.6) is 11.8 Å². The summed E-state index contributed by atoms with van der Waals surface area (Å²) in [6.07, 6.45) is 12.5. The molecule has 0 aliphatic heterocycles. The van der Waals surface area contributed by atoms with E-state index in [9.17, 15) is 10.2 Å². The highest BCUT2D eigenvalue weighted by Gasteiger charge is 2.20.